The third-order valence-corrected chi connectivity index (χ3v) is 6.08. The Kier molecular flexibility index (Phi) is 5.42. The molecule has 0 N–H and O–H groups in total. The van der Waals surface area contributed by atoms with E-state index >= 15 is 0 Å². The van der Waals surface area contributed by atoms with Crippen molar-refractivity contribution in [3.63, 3.8) is 0 Å². The quantitative estimate of drug-likeness (QED) is 0.600. The lowest BCUT2D eigenvalue weighted by Crippen LogP contribution is -2.51. The molecule has 140 valence electrons. The van der Waals surface area contributed by atoms with Crippen molar-refractivity contribution >= 4 is 34.9 Å². The maximum Gasteiger partial charge on any atom is 0.410 e. The molecule has 2 aromatic rings. The van der Waals surface area contributed by atoms with Crippen LogP contribution in [0, 0.1) is 0 Å². The van der Waals surface area contributed by atoms with Gasteiger partial charge in [-0.05, 0) is 54.5 Å². The van der Waals surface area contributed by atoms with E-state index in [2.05, 4.69) is 6.08 Å². The van der Waals surface area contributed by atoms with Gasteiger partial charge in [0.2, 0.25) is 0 Å². The van der Waals surface area contributed by atoms with Crippen LogP contribution in [0.5, 0.6) is 0 Å². The molecule has 2 aliphatic heterocycles. The van der Waals surface area contributed by atoms with Crippen LogP contribution in [0.15, 0.2) is 54.6 Å². The van der Waals surface area contributed by atoms with E-state index in [0.29, 0.717) is 16.7 Å². The second-order valence-electron chi connectivity index (χ2n) is 7.12. The zero-order valence-electron chi connectivity index (χ0n) is 14.9. The van der Waals surface area contributed by atoms with Crippen molar-refractivity contribution in [1.29, 1.82) is 0 Å². The number of piperidine rings is 1. The van der Waals surface area contributed by atoms with Gasteiger partial charge in [0.25, 0.3) is 0 Å². The molecule has 4 rings (SSSR count). The fourth-order valence-electron chi connectivity index (χ4n) is 4.02. The van der Waals surface area contributed by atoms with Crippen LogP contribution in [0.4, 0.5) is 4.79 Å². The minimum Gasteiger partial charge on any atom is -0.445 e. The highest BCUT2D eigenvalue weighted by Crippen LogP contribution is 2.38. The summed E-state index contributed by atoms with van der Waals surface area (Å²) in [6, 6.07) is 15.8. The highest BCUT2D eigenvalue weighted by atomic mass is 35.5. The lowest BCUT2D eigenvalue weighted by molar-refractivity contribution is 0.0510. The molecule has 1 saturated heterocycles. The maximum atomic E-state index is 12.8. The minimum atomic E-state index is -0.224. The number of ether oxygens (including phenoxy) is 1. The molecule has 2 atom stereocenters. The summed E-state index contributed by atoms with van der Waals surface area (Å²) in [6.45, 7) is 0.305. The van der Waals surface area contributed by atoms with Gasteiger partial charge in [-0.2, -0.15) is 0 Å². The predicted octanol–water partition coefficient (Wildman–Crippen LogP) is 6.34. The first-order valence-electron chi connectivity index (χ1n) is 9.27. The molecule has 2 aromatic carbocycles. The lowest BCUT2D eigenvalue weighted by atomic mass is 9.83. The highest BCUT2D eigenvalue weighted by molar-refractivity contribution is 6.42. The van der Waals surface area contributed by atoms with Crippen molar-refractivity contribution in [2.24, 2.45) is 0 Å². The summed E-state index contributed by atoms with van der Waals surface area (Å²) in [6.07, 6.45) is 5.87. The first-order valence-corrected chi connectivity index (χ1v) is 10.0. The number of carbonyl (C=O) groups is 1. The summed E-state index contributed by atoms with van der Waals surface area (Å²) in [4.78, 5) is 14.7. The molecule has 1 fully saturated rings. The molecule has 3 nitrogen and oxygen atoms in total. The summed E-state index contributed by atoms with van der Waals surface area (Å²) in [5, 5.41) is 1.12. The van der Waals surface area contributed by atoms with Gasteiger partial charge in [0.1, 0.15) is 6.61 Å². The SMILES string of the molecule is O=C(OCc1ccccc1)N1C2C=C(c3ccc(Cl)c(Cl)c3)CC1CCC2. The van der Waals surface area contributed by atoms with Crippen molar-refractivity contribution in [3.8, 4) is 0 Å². The molecule has 2 bridgehead atoms. The largest absolute Gasteiger partial charge is 0.445 e. The van der Waals surface area contributed by atoms with Crippen LogP contribution in [0.25, 0.3) is 5.57 Å². The summed E-state index contributed by atoms with van der Waals surface area (Å²) in [5.74, 6) is 0. The van der Waals surface area contributed by atoms with Crippen molar-refractivity contribution in [3.05, 3.63) is 75.8 Å². The van der Waals surface area contributed by atoms with Crippen LogP contribution in [0.1, 0.15) is 36.8 Å². The molecular weight excluding hydrogens is 381 g/mol. The second-order valence-corrected chi connectivity index (χ2v) is 7.94. The van der Waals surface area contributed by atoms with Crippen LogP contribution in [0.2, 0.25) is 10.0 Å². The van der Waals surface area contributed by atoms with Crippen LogP contribution >= 0.6 is 23.2 Å². The smallest absolute Gasteiger partial charge is 0.410 e. The van der Waals surface area contributed by atoms with E-state index in [1.54, 1.807) is 0 Å². The Labute approximate surface area is 169 Å². The number of hydrogen-bond acceptors (Lipinski definition) is 2. The van der Waals surface area contributed by atoms with Gasteiger partial charge < -0.3 is 4.74 Å². The Hall–Kier alpha value is -1.97. The average molecular weight is 402 g/mol. The highest BCUT2D eigenvalue weighted by Gasteiger charge is 2.38. The zero-order chi connectivity index (χ0) is 18.8. The van der Waals surface area contributed by atoms with Crippen molar-refractivity contribution in [2.45, 2.75) is 44.4 Å². The van der Waals surface area contributed by atoms with E-state index in [0.717, 1.165) is 36.8 Å². The van der Waals surface area contributed by atoms with E-state index < -0.39 is 0 Å². The number of halogens is 2. The van der Waals surface area contributed by atoms with Gasteiger partial charge in [-0.3, -0.25) is 4.90 Å². The first kappa shape index (κ1) is 18.4. The number of amides is 1. The first-order chi connectivity index (χ1) is 13.1. The van der Waals surface area contributed by atoms with E-state index in [1.807, 2.05) is 53.4 Å². The molecule has 2 aliphatic rings. The van der Waals surface area contributed by atoms with Gasteiger partial charge in [-0.1, -0.05) is 65.7 Å². The van der Waals surface area contributed by atoms with E-state index in [1.165, 1.54) is 5.57 Å². The Morgan fingerprint density at radius 1 is 1.07 bits per heavy atom. The summed E-state index contributed by atoms with van der Waals surface area (Å²) >= 11 is 12.2. The average Bonchev–Trinajstić information content (AvgIpc) is 2.68. The van der Waals surface area contributed by atoms with Crippen molar-refractivity contribution in [1.82, 2.24) is 4.90 Å². The van der Waals surface area contributed by atoms with Crippen LogP contribution in [-0.2, 0) is 11.3 Å². The molecule has 2 unspecified atom stereocenters. The number of nitrogens with zero attached hydrogens (tertiary/aromatic N) is 1. The summed E-state index contributed by atoms with van der Waals surface area (Å²) in [7, 11) is 0. The van der Waals surface area contributed by atoms with Gasteiger partial charge in [0.15, 0.2) is 0 Å². The topological polar surface area (TPSA) is 29.5 Å². The molecule has 1 amide bonds. The van der Waals surface area contributed by atoms with Crippen LogP contribution in [-0.4, -0.2) is 23.1 Å². The fourth-order valence-corrected chi connectivity index (χ4v) is 4.32. The fraction of sp³-hybridized carbons (Fsp3) is 0.318. The number of rotatable bonds is 3. The van der Waals surface area contributed by atoms with Gasteiger partial charge in [0, 0.05) is 6.04 Å². The number of benzene rings is 2. The zero-order valence-corrected chi connectivity index (χ0v) is 16.4. The predicted molar refractivity (Wildman–Crippen MR) is 109 cm³/mol. The third kappa shape index (κ3) is 3.99. The van der Waals surface area contributed by atoms with E-state index in [9.17, 15) is 4.79 Å². The van der Waals surface area contributed by atoms with Gasteiger partial charge in [-0.25, -0.2) is 4.79 Å². The molecule has 2 heterocycles. The molecule has 0 spiro atoms. The number of hydrogen-bond donors (Lipinski definition) is 0. The standard InChI is InChI=1S/C22H21Cl2NO2/c23-20-10-9-16(13-21(20)24)17-11-18-7-4-8-19(12-17)25(18)22(26)27-14-15-5-2-1-3-6-15/h1-3,5-6,9-11,13,18-19H,4,7-8,12,14H2. The van der Waals surface area contributed by atoms with E-state index in [4.69, 9.17) is 27.9 Å². The molecule has 27 heavy (non-hydrogen) atoms. The number of carbonyl (C=O) groups excluding carboxylic acids is 1. The molecular formula is C22H21Cl2NO2. The number of fused-ring (bicyclic) bond motifs is 2. The molecule has 0 aliphatic carbocycles. The van der Waals surface area contributed by atoms with Crippen LogP contribution in [0.3, 0.4) is 0 Å². The maximum absolute atomic E-state index is 12.8. The molecule has 0 aromatic heterocycles. The lowest BCUT2D eigenvalue weighted by Gasteiger charge is -2.44. The van der Waals surface area contributed by atoms with E-state index in [-0.39, 0.29) is 18.2 Å². The second kappa shape index (κ2) is 7.95. The Morgan fingerprint density at radius 3 is 2.63 bits per heavy atom. The third-order valence-electron chi connectivity index (χ3n) is 5.34. The minimum absolute atomic E-state index is 0.0743. The normalized spacial score (nSPS) is 21.6. The van der Waals surface area contributed by atoms with Crippen molar-refractivity contribution in [2.75, 3.05) is 0 Å². The van der Waals surface area contributed by atoms with Crippen molar-refractivity contribution < 1.29 is 9.53 Å². The van der Waals surface area contributed by atoms with Gasteiger partial charge in [-0.15, -0.1) is 0 Å². The Morgan fingerprint density at radius 2 is 1.89 bits per heavy atom. The molecule has 5 heteroatoms. The summed E-state index contributed by atoms with van der Waals surface area (Å²) in [5.41, 5.74) is 3.31. The van der Waals surface area contributed by atoms with Crippen LogP contribution < -0.4 is 0 Å². The van der Waals surface area contributed by atoms with Gasteiger partial charge in [0.05, 0.1) is 16.1 Å². The molecule has 0 radical (unpaired) electrons. The Bertz CT molecular complexity index is 866. The monoisotopic (exact) mass is 401 g/mol. The van der Waals surface area contributed by atoms with Gasteiger partial charge >= 0.3 is 6.09 Å². The summed E-state index contributed by atoms with van der Waals surface area (Å²) < 4.78 is 5.60. The Balaban J connectivity index is 1.51. The molecule has 0 saturated carbocycles.